The number of carboxylic acid groups (broad SMARTS) is 1. The molecule has 0 spiro atoms. The van der Waals surface area contributed by atoms with Gasteiger partial charge in [0.15, 0.2) is 0 Å². The number of benzene rings is 1. The van der Waals surface area contributed by atoms with Crippen LogP contribution >= 0.6 is 0 Å². The van der Waals surface area contributed by atoms with Crippen molar-refractivity contribution in [2.24, 2.45) is 5.92 Å². The van der Waals surface area contributed by atoms with Gasteiger partial charge in [0.25, 0.3) is 0 Å². The molecule has 0 aromatic heterocycles. The maximum Gasteiger partial charge on any atom is 0.303 e. The topological polar surface area (TPSA) is 66.4 Å². The third kappa shape index (κ3) is 5.21. The van der Waals surface area contributed by atoms with Crippen molar-refractivity contribution in [1.82, 2.24) is 5.32 Å². The van der Waals surface area contributed by atoms with Gasteiger partial charge in [0.1, 0.15) is 0 Å². The fourth-order valence-corrected chi connectivity index (χ4v) is 2.63. The summed E-state index contributed by atoms with van der Waals surface area (Å²) in [5, 5.41) is 11.6. The summed E-state index contributed by atoms with van der Waals surface area (Å²) in [6, 6.07) is 9.96. The number of amides is 1. The van der Waals surface area contributed by atoms with Crippen LogP contribution in [0.2, 0.25) is 0 Å². The molecule has 0 saturated heterocycles. The monoisotopic (exact) mass is 289 g/mol. The van der Waals surface area contributed by atoms with E-state index in [2.05, 4.69) is 5.32 Å². The van der Waals surface area contributed by atoms with Gasteiger partial charge in [-0.25, -0.2) is 0 Å². The second kappa shape index (κ2) is 7.81. The van der Waals surface area contributed by atoms with Crippen LogP contribution in [0.5, 0.6) is 0 Å². The highest BCUT2D eigenvalue weighted by Gasteiger charge is 2.36. The van der Waals surface area contributed by atoms with Gasteiger partial charge in [-0.3, -0.25) is 9.59 Å². The number of unbranched alkanes of at least 4 members (excludes halogenated alkanes) is 2. The molecule has 0 radical (unpaired) electrons. The number of aliphatic carboxylic acids is 1. The lowest BCUT2D eigenvalue weighted by Crippen LogP contribution is -2.31. The van der Waals surface area contributed by atoms with Crippen LogP contribution in [0.1, 0.15) is 50.0 Å². The Morgan fingerprint density at radius 1 is 1.14 bits per heavy atom. The van der Waals surface area contributed by atoms with Crippen LogP contribution in [0.4, 0.5) is 0 Å². The molecule has 0 aliphatic heterocycles. The van der Waals surface area contributed by atoms with Gasteiger partial charge >= 0.3 is 5.97 Å². The molecule has 114 valence electrons. The number of carbonyl (C=O) groups excluding carboxylic acids is 1. The molecule has 2 N–H and O–H groups in total. The summed E-state index contributed by atoms with van der Waals surface area (Å²) in [6.07, 6.45) is 4.83. The third-order valence-electron chi connectivity index (χ3n) is 3.90. The molecule has 2 rings (SSSR count). The molecule has 0 bridgehead atoms. The molecule has 0 heterocycles. The lowest BCUT2D eigenvalue weighted by molar-refractivity contribution is -0.137. The Morgan fingerprint density at radius 2 is 1.86 bits per heavy atom. The quantitative estimate of drug-likeness (QED) is 0.687. The molecule has 1 saturated carbocycles. The van der Waals surface area contributed by atoms with Gasteiger partial charge in [-0.05, 0) is 37.2 Å². The van der Waals surface area contributed by atoms with E-state index in [1.54, 1.807) is 0 Å². The Balaban J connectivity index is 1.74. The van der Waals surface area contributed by atoms with Crippen molar-refractivity contribution in [3.05, 3.63) is 35.9 Å². The van der Waals surface area contributed by atoms with Crippen molar-refractivity contribution in [3.63, 3.8) is 0 Å². The first-order valence-corrected chi connectivity index (χ1v) is 7.73. The molecule has 1 atom stereocenters. The van der Waals surface area contributed by atoms with E-state index in [0.29, 0.717) is 18.9 Å². The largest absolute Gasteiger partial charge is 0.481 e. The second-order valence-corrected chi connectivity index (χ2v) is 5.72. The van der Waals surface area contributed by atoms with Crippen LogP contribution in [0.3, 0.4) is 0 Å². The summed E-state index contributed by atoms with van der Waals surface area (Å²) in [4.78, 5) is 22.8. The molecule has 1 fully saturated rings. The molecular weight excluding hydrogens is 266 g/mol. The maximum absolute atomic E-state index is 12.4. The molecule has 21 heavy (non-hydrogen) atoms. The second-order valence-electron chi connectivity index (χ2n) is 5.72. The van der Waals surface area contributed by atoms with Crippen molar-refractivity contribution in [3.8, 4) is 0 Å². The predicted molar refractivity (Wildman–Crippen MR) is 81.0 cm³/mol. The van der Waals surface area contributed by atoms with E-state index in [0.717, 1.165) is 31.2 Å². The highest BCUT2D eigenvalue weighted by atomic mass is 16.4. The van der Waals surface area contributed by atoms with Crippen LogP contribution in [0.25, 0.3) is 0 Å². The molecule has 1 aliphatic carbocycles. The first-order valence-electron chi connectivity index (χ1n) is 7.73. The SMILES string of the molecule is O=C(O)CCCCCNC(=O)C(c1ccccc1)C1CC1. The number of rotatable bonds is 9. The molecule has 4 heteroatoms. The van der Waals surface area contributed by atoms with E-state index >= 15 is 0 Å². The number of hydrogen-bond donors (Lipinski definition) is 2. The summed E-state index contributed by atoms with van der Waals surface area (Å²) >= 11 is 0. The van der Waals surface area contributed by atoms with E-state index in [1.807, 2.05) is 30.3 Å². The summed E-state index contributed by atoms with van der Waals surface area (Å²) in [5.74, 6) is -0.177. The van der Waals surface area contributed by atoms with Crippen molar-refractivity contribution in [2.75, 3.05) is 6.54 Å². The molecular formula is C17H23NO3. The minimum atomic E-state index is -0.753. The highest BCUT2D eigenvalue weighted by molar-refractivity contribution is 5.84. The Bertz CT molecular complexity index is 468. The smallest absolute Gasteiger partial charge is 0.303 e. The third-order valence-corrected chi connectivity index (χ3v) is 3.90. The predicted octanol–water partition coefficient (Wildman–Crippen LogP) is 2.94. The van der Waals surface area contributed by atoms with E-state index in [4.69, 9.17) is 5.11 Å². The van der Waals surface area contributed by atoms with Crippen molar-refractivity contribution >= 4 is 11.9 Å². The molecule has 1 aromatic rings. The number of carbonyl (C=O) groups is 2. The van der Waals surface area contributed by atoms with Crippen molar-refractivity contribution in [2.45, 2.75) is 44.4 Å². The summed E-state index contributed by atoms with van der Waals surface area (Å²) < 4.78 is 0. The first-order chi connectivity index (χ1) is 10.2. The molecule has 1 aromatic carbocycles. The van der Waals surface area contributed by atoms with Crippen LogP contribution in [-0.2, 0) is 9.59 Å². The van der Waals surface area contributed by atoms with E-state index < -0.39 is 5.97 Å². The standard InChI is InChI=1S/C17H23NO3/c19-15(20)9-5-2-6-12-18-17(21)16(14-10-11-14)13-7-3-1-4-8-13/h1,3-4,7-8,14,16H,2,5-6,9-12H2,(H,18,21)(H,19,20). The molecule has 1 amide bonds. The highest BCUT2D eigenvalue weighted by Crippen LogP contribution is 2.42. The fourth-order valence-electron chi connectivity index (χ4n) is 2.63. The average Bonchev–Trinajstić information content (AvgIpc) is 3.28. The minimum absolute atomic E-state index is 0.0229. The number of hydrogen-bond acceptors (Lipinski definition) is 2. The van der Waals surface area contributed by atoms with Gasteiger partial charge in [-0.2, -0.15) is 0 Å². The van der Waals surface area contributed by atoms with E-state index in [-0.39, 0.29) is 18.2 Å². The van der Waals surface area contributed by atoms with E-state index in [9.17, 15) is 9.59 Å². The molecule has 1 unspecified atom stereocenters. The average molecular weight is 289 g/mol. The van der Waals surface area contributed by atoms with Crippen molar-refractivity contribution < 1.29 is 14.7 Å². The van der Waals surface area contributed by atoms with Gasteiger partial charge in [0.2, 0.25) is 5.91 Å². The fraction of sp³-hybridized carbons (Fsp3) is 0.529. The van der Waals surface area contributed by atoms with Gasteiger partial charge in [0, 0.05) is 13.0 Å². The zero-order valence-corrected chi connectivity index (χ0v) is 12.3. The minimum Gasteiger partial charge on any atom is -0.481 e. The summed E-state index contributed by atoms with van der Waals surface area (Å²) in [7, 11) is 0. The van der Waals surface area contributed by atoms with Crippen LogP contribution in [0, 0.1) is 5.92 Å². The lowest BCUT2D eigenvalue weighted by atomic mass is 9.93. The summed E-state index contributed by atoms with van der Waals surface area (Å²) in [5.41, 5.74) is 1.10. The van der Waals surface area contributed by atoms with Crippen LogP contribution in [0.15, 0.2) is 30.3 Å². The summed E-state index contributed by atoms with van der Waals surface area (Å²) in [6.45, 7) is 0.633. The molecule has 1 aliphatic rings. The zero-order valence-electron chi connectivity index (χ0n) is 12.3. The molecule has 4 nitrogen and oxygen atoms in total. The number of nitrogens with one attached hydrogen (secondary N) is 1. The lowest BCUT2D eigenvalue weighted by Gasteiger charge is -2.16. The first kappa shape index (κ1) is 15.5. The van der Waals surface area contributed by atoms with Crippen LogP contribution < -0.4 is 5.32 Å². The van der Waals surface area contributed by atoms with Gasteiger partial charge in [-0.1, -0.05) is 36.8 Å². The Hall–Kier alpha value is -1.84. The Kier molecular flexibility index (Phi) is 5.78. The number of carboxylic acids is 1. The van der Waals surface area contributed by atoms with Gasteiger partial charge in [0.05, 0.1) is 5.92 Å². The Morgan fingerprint density at radius 3 is 2.48 bits per heavy atom. The normalized spacial score (nSPS) is 15.4. The van der Waals surface area contributed by atoms with Crippen LogP contribution in [-0.4, -0.2) is 23.5 Å². The zero-order chi connectivity index (χ0) is 15.1. The maximum atomic E-state index is 12.4. The Labute approximate surface area is 125 Å². The van der Waals surface area contributed by atoms with Crippen molar-refractivity contribution in [1.29, 1.82) is 0 Å². The van der Waals surface area contributed by atoms with Gasteiger partial charge in [-0.15, -0.1) is 0 Å². The van der Waals surface area contributed by atoms with Gasteiger partial charge < -0.3 is 10.4 Å². The van der Waals surface area contributed by atoms with E-state index in [1.165, 1.54) is 0 Å².